The first-order chi connectivity index (χ1) is 17.8. The molecule has 0 fully saturated rings. The van der Waals surface area contributed by atoms with Gasteiger partial charge in [-0.05, 0) is 61.7 Å². The van der Waals surface area contributed by atoms with Crippen molar-refractivity contribution < 1.29 is 13.9 Å². The lowest BCUT2D eigenvalue weighted by Gasteiger charge is -2.14. The minimum atomic E-state index is -0.632. The molecular weight excluding hydrogens is 513 g/mol. The number of amides is 1. The third kappa shape index (κ3) is 4.17. The Balaban J connectivity index is 1.42. The quantitative estimate of drug-likeness (QED) is 0.347. The van der Waals surface area contributed by atoms with Gasteiger partial charge in [0.25, 0.3) is 0 Å². The smallest absolute Gasteiger partial charge is 0.227 e. The van der Waals surface area contributed by atoms with Crippen molar-refractivity contribution in [2.45, 2.75) is 46.4 Å². The first-order valence-corrected chi connectivity index (χ1v) is 13.0. The topological polar surface area (TPSA) is 81.4 Å². The predicted octanol–water partition coefficient (Wildman–Crippen LogP) is 6.00. The van der Waals surface area contributed by atoms with Crippen molar-refractivity contribution in [3.8, 4) is 5.00 Å². The number of aryl methyl sites for hydroxylation is 2. The van der Waals surface area contributed by atoms with Gasteiger partial charge in [0, 0.05) is 21.0 Å². The van der Waals surface area contributed by atoms with Crippen molar-refractivity contribution in [3.05, 3.63) is 91.6 Å². The lowest BCUT2D eigenvalue weighted by Crippen LogP contribution is -2.18. The maximum absolute atomic E-state index is 14.7. The second-order valence-electron chi connectivity index (χ2n) is 9.25. The monoisotopic (exact) mass is 535 g/mol. The van der Waals surface area contributed by atoms with Gasteiger partial charge >= 0.3 is 0 Å². The second kappa shape index (κ2) is 9.16. The van der Waals surface area contributed by atoms with Crippen LogP contribution in [0, 0.1) is 26.6 Å². The normalized spacial score (nSPS) is 16.0. The Hall–Kier alpha value is -3.40. The first kappa shape index (κ1) is 24.0. The zero-order valence-electron chi connectivity index (χ0n) is 20.4. The average molecular weight is 536 g/mol. The van der Waals surface area contributed by atoms with Crippen molar-refractivity contribution in [1.29, 1.82) is 0 Å². The van der Waals surface area contributed by atoms with E-state index in [2.05, 4.69) is 29.4 Å². The summed E-state index contributed by atoms with van der Waals surface area (Å²) >= 11 is 7.81. The van der Waals surface area contributed by atoms with E-state index in [1.165, 1.54) is 6.07 Å². The van der Waals surface area contributed by atoms with E-state index in [9.17, 15) is 9.18 Å². The van der Waals surface area contributed by atoms with Gasteiger partial charge in [-0.3, -0.25) is 14.4 Å². The van der Waals surface area contributed by atoms with Gasteiger partial charge in [0.1, 0.15) is 22.7 Å². The lowest BCUT2D eigenvalue weighted by molar-refractivity contribution is -0.116. The summed E-state index contributed by atoms with van der Waals surface area (Å²) in [5, 5.41) is 13.1. The Labute approximate surface area is 222 Å². The fraction of sp³-hybridized carbons (Fsp3) is 0.259. The predicted molar refractivity (Wildman–Crippen MR) is 141 cm³/mol. The molecule has 1 amide bonds. The number of rotatable bonds is 4. The van der Waals surface area contributed by atoms with Gasteiger partial charge < -0.3 is 10.1 Å². The highest BCUT2D eigenvalue weighted by atomic mass is 35.5. The summed E-state index contributed by atoms with van der Waals surface area (Å²) in [4.78, 5) is 19.5. The molecule has 7 nitrogen and oxygen atoms in total. The summed E-state index contributed by atoms with van der Waals surface area (Å²) in [5.41, 5.74) is 5.56. The molecule has 10 heteroatoms. The molecule has 1 N–H and O–H groups in total. The number of hydrogen-bond acceptors (Lipinski definition) is 6. The minimum absolute atomic E-state index is 0.0325. The Bertz CT molecular complexity index is 1590. The van der Waals surface area contributed by atoms with Crippen LogP contribution >= 0.6 is 22.9 Å². The Morgan fingerprint density at radius 3 is 2.65 bits per heavy atom. The number of ether oxygens (including phenoxy) is 1. The number of nitrogens with zero attached hydrogens (tertiary/aromatic N) is 4. The van der Waals surface area contributed by atoms with Crippen LogP contribution in [0.3, 0.4) is 0 Å². The summed E-state index contributed by atoms with van der Waals surface area (Å²) in [6.07, 6.45) is -0.0325. The van der Waals surface area contributed by atoms with Crippen LogP contribution in [0.1, 0.15) is 56.8 Å². The molecule has 4 heterocycles. The molecule has 2 aliphatic rings. The fourth-order valence-corrected chi connectivity index (χ4v) is 6.14. The largest absolute Gasteiger partial charge is 0.372 e. The molecule has 0 aliphatic carbocycles. The maximum atomic E-state index is 14.7. The minimum Gasteiger partial charge on any atom is -0.372 e. The van der Waals surface area contributed by atoms with Crippen LogP contribution < -0.4 is 5.32 Å². The maximum Gasteiger partial charge on any atom is 0.227 e. The van der Waals surface area contributed by atoms with Crippen LogP contribution in [0.4, 0.5) is 10.1 Å². The van der Waals surface area contributed by atoms with E-state index < -0.39 is 11.9 Å². The zero-order chi connectivity index (χ0) is 25.8. The first-order valence-electron chi connectivity index (χ1n) is 11.9. The van der Waals surface area contributed by atoms with Gasteiger partial charge in [0.05, 0.1) is 31.0 Å². The molecule has 0 spiro atoms. The molecule has 0 radical (unpaired) electrons. The number of benzene rings is 2. The molecule has 0 saturated carbocycles. The number of nitrogens with one attached hydrogen (secondary N) is 1. The lowest BCUT2D eigenvalue weighted by atomic mass is 9.99. The van der Waals surface area contributed by atoms with Crippen molar-refractivity contribution in [2.75, 3.05) is 5.32 Å². The molecule has 2 aromatic carbocycles. The number of hydrogen-bond donors (Lipinski definition) is 1. The number of halogens is 2. The van der Waals surface area contributed by atoms with E-state index in [1.54, 1.807) is 17.4 Å². The van der Waals surface area contributed by atoms with Crippen molar-refractivity contribution >= 4 is 40.2 Å². The molecule has 0 saturated heterocycles. The van der Waals surface area contributed by atoms with Gasteiger partial charge in [-0.25, -0.2) is 4.39 Å². The SMILES string of the molecule is Cc1sc2c(c1C)C(c1ccc(Cl)cc1)=N[C@@H](CC(=O)Nc1cc3c(cc1F)COC3)c1nnc(C)n1-2. The highest BCUT2D eigenvalue weighted by molar-refractivity contribution is 7.15. The van der Waals surface area contributed by atoms with Crippen molar-refractivity contribution in [3.63, 3.8) is 0 Å². The number of aliphatic imine (C=N–C) groups is 1. The molecule has 0 bridgehead atoms. The molecule has 2 aliphatic heterocycles. The van der Waals surface area contributed by atoms with E-state index in [4.69, 9.17) is 21.3 Å². The molecule has 2 aromatic heterocycles. The number of carbonyl (C=O) groups excluding carboxylic acids is 1. The highest BCUT2D eigenvalue weighted by Gasteiger charge is 2.32. The van der Waals surface area contributed by atoms with Gasteiger partial charge in [-0.15, -0.1) is 21.5 Å². The Morgan fingerprint density at radius 1 is 1.16 bits per heavy atom. The highest BCUT2D eigenvalue weighted by Crippen LogP contribution is 2.39. The molecule has 37 heavy (non-hydrogen) atoms. The molecule has 188 valence electrons. The van der Waals surface area contributed by atoms with Crippen LogP contribution in [-0.4, -0.2) is 26.4 Å². The second-order valence-corrected chi connectivity index (χ2v) is 10.9. The van der Waals surface area contributed by atoms with Crippen LogP contribution in [0.5, 0.6) is 0 Å². The van der Waals surface area contributed by atoms with E-state index in [0.717, 1.165) is 43.4 Å². The summed E-state index contributed by atoms with van der Waals surface area (Å²) in [5.74, 6) is 0.422. The molecule has 0 unspecified atom stereocenters. The third-order valence-electron chi connectivity index (χ3n) is 6.81. The van der Waals surface area contributed by atoms with E-state index in [-0.39, 0.29) is 18.0 Å². The number of aromatic nitrogens is 3. The van der Waals surface area contributed by atoms with Gasteiger partial charge in [0.2, 0.25) is 5.91 Å². The number of fused-ring (bicyclic) bond motifs is 4. The van der Waals surface area contributed by atoms with Crippen LogP contribution in [-0.2, 0) is 22.7 Å². The standard InChI is InChI=1S/C27H23ClFN5O2S/c1-13-14(2)37-27-24(13)25(16-4-6-19(28)7-5-16)31-22(26-33-32-15(3)34(26)27)10-23(35)30-21-9-18-12-36-11-17(18)8-20(21)29/h4-9,22H,10-12H2,1-3H3,(H,30,35)/t22-/m0/s1. The van der Waals surface area contributed by atoms with E-state index in [1.807, 2.05) is 35.8 Å². The van der Waals surface area contributed by atoms with Gasteiger partial charge in [-0.2, -0.15) is 0 Å². The number of anilines is 1. The van der Waals surface area contributed by atoms with Crippen molar-refractivity contribution in [1.82, 2.24) is 14.8 Å². The van der Waals surface area contributed by atoms with Crippen LogP contribution in [0.2, 0.25) is 5.02 Å². The summed E-state index contributed by atoms with van der Waals surface area (Å²) < 4.78 is 22.1. The third-order valence-corrected chi connectivity index (χ3v) is 8.26. The van der Waals surface area contributed by atoms with Crippen molar-refractivity contribution in [2.24, 2.45) is 4.99 Å². The van der Waals surface area contributed by atoms with E-state index in [0.29, 0.717) is 29.9 Å². The molecule has 4 aromatic rings. The van der Waals surface area contributed by atoms with Gasteiger partial charge in [0.15, 0.2) is 5.82 Å². The zero-order valence-corrected chi connectivity index (χ0v) is 22.0. The summed E-state index contributed by atoms with van der Waals surface area (Å²) in [6.45, 7) is 6.82. The van der Waals surface area contributed by atoms with Crippen LogP contribution in [0.15, 0.2) is 41.4 Å². The molecule has 6 rings (SSSR count). The fourth-order valence-electron chi connectivity index (χ4n) is 4.80. The summed E-state index contributed by atoms with van der Waals surface area (Å²) in [7, 11) is 0. The molecular formula is C27H23ClFN5O2S. The average Bonchev–Trinajstić information content (AvgIpc) is 3.53. The van der Waals surface area contributed by atoms with Gasteiger partial charge in [-0.1, -0.05) is 23.7 Å². The van der Waals surface area contributed by atoms with E-state index >= 15 is 0 Å². The van der Waals surface area contributed by atoms with Crippen LogP contribution in [0.25, 0.3) is 5.00 Å². The molecule has 1 atom stereocenters. The number of thiophene rings is 1. The Morgan fingerprint density at radius 2 is 1.89 bits per heavy atom. The Kier molecular flexibility index (Phi) is 5.94. The summed E-state index contributed by atoms with van der Waals surface area (Å²) in [6, 6.07) is 9.93. The number of carbonyl (C=O) groups is 1.